The third-order valence-electron chi connectivity index (χ3n) is 2.12. The van der Waals surface area contributed by atoms with E-state index in [2.05, 4.69) is 9.71 Å². The molecule has 0 saturated heterocycles. The Morgan fingerprint density at radius 1 is 1.42 bits per heavy atom. The first-order valence-corrected chi connectivity index (χ1v) is 8.34. The van der Waals surface area contributed by atoms with Crippen LogP contribution in [0.3, 0.4) is 0 Å². The van der Waals surface area contributed by atoms with Gasteiger partial charge in [-0.2, -0.15) is 0 Å². The SMILES string of the molecule is O=C(O)Cc1ccc(S(=O)(=O)NCc2nccs2)s1. The smallest absolute Gasteiger partial charge is 0.308 e. The van der Waals surface area contributed by atoms with Crippen molar-refractivity contribution in [3.63, 3.8) is 0 Å². The minimum atomic E-state index is -3.61. The molecule has 0 bridgehead atoms. The van der Waals surface area contributed by atoms with Gasteiger partial charge in [0.25, 0.3) is 0 Å². The van der Waals surface area contributed by atoms with Crippen LogP contribution in [0.1, 0.15) is 9.88 Å². The molecule has 0 saturated carbocycles. The lowest BCUT2D eigenvalue weighted by Crippen LogP contribution is -2.22. The average Bonchev–Trinajstić information content (AvgIpc) is 2.96. The number of sulfonamides is 1. The monoisotopic (exact) mass is 318 g/mol. The molecule has 0 aromatic carbocycles. The Bertz CT molecular complexity index is 661. The molecule has 0 atom stereocenters. The van der Waals surface area contributed by atoms with E-state index in [1.807, 2.05) is 0 Å². The number of aromatic nitrogens is 1. The van der Waals surface area contributed by atoms with Crippen molar-refractivity contribution in [1.29, 1.82) is 0 Å². The number of nitrogens with one attached hydrogen (secondary N) is 1. The highest BCUT2D eigenvalue weighted by atomic mass is 32.2. The number of carboxylic acids is 1. The summed E-state index contributed by atoms with van der Waals surface area (Å²) in [5.41, 5.74) is 0. The summed E-state index contributed by atoms with van der Waals surface area (Å²) >= 11 is 2.32. The van der Waals surface area contributed by atoms with Crippen LogP contribution < -0.4 is 4.72 Å². The third kappa shape index (κ3) is 3.83. The molecule has 0 aliphatic rings. The normalized spacial score (nSPS) is 11.6. The molecule has 2 aromatic heterocycles. The van der Waals surface area contributed by atoms with E-state index in [1.54, 1.807) is 11.6 Å². The summed E-state index contributed by atoms with van der Waals surface area (Å²) in [6.07, 6.45) is 1.43. The number of hydrogen-bond acceptors (Lipinski definition) is 6. The van der Waals surface area contributed by atoms with Gasteiger partial charge in [0.1, 0.15) is 9.22 Å². The van der Waals surface area contributed by atoms with Crippen molar-refractivity contribution in [2.75, 3.05) is 0 Å². The Hall–Kier alpha value is -1.29. The van der Waals surface area contributed by atoms with Crippen LogP contribution in [0.5, 0.6) is 0 Å². The molecule has 9 heteroatoms. The van der Waals surface area contributed by atoms with Crippen molar-refractivity contribution in [2.45, 2.75) is 17.2 Å². The number of thiazole rings is 1. The minimum Gasteiger partial charge on any atom is -0.481 e. The van der Waals surface area contributed by atoms with Gasteiger partial charge in [-0.05, 0) is 12.1 Å². The molecule has 0 fully saturated rings. The highest BCUT2D eigenvalue weighted by molar-refractivity contribution is 7.91. The molecule has 0 spiro atoms. The molecular weight excluding hydrogens is 308 g/mol. The summed E-state index contributed by atoms with van der Waals surface area (Å²) < 4.78 is 26.4. The Labute approximate surface area is 117 Å². The van der Waals surface area contributed by atoms with Gasteiger partial charge in [0, 0.05) is 16.5 Å². The van der Waals surface area contributed by atoms with E-state index in [-0.39, 0.29) is 17.2 Å². The van der Waals surface area contributed by atoms with E-state index in [1.165, 1.54) is 23.5 Å². The number of carbonyl (C=O) groups is 1. The van der Waals surface area contributed by atoms with Crippen LogP contribution in [0.25, 0.3) is 0 Å². The van der Waals surface area contributed by atoms with Gasteiger partial charge in [-0.1, -0.05) is 0 Å². The van der Waals surface area contributed by atoms with E-state index >= 15 is 0 Å². The molecule has 0 radical (unpaired) electrons. The van der Waals surface area contributed by atoms with Gasteiger partial charge in [0.15, 0.2) is 0 Å². The van der Waals surface area contributed by atoms with Gasteiger partial charge >= 0.3 is 5.97 Å². The van der Waals surface area contributed by atoms with Crippen molar-refractivity contribution in [3.8, 4) is 0 Å². The molecular formula is C10H10N2O4S3. The van der Waals surface area contributed by atoms with E-state index in [0.29, 0.717) is 9.88 Å². The Morgan fingerprint density at radius 2 is 2.21 bits per heavy atom. The Kier molecular flexibility index (Phi) is 4.30. The first kappa shape index (κ1) is 14.1. The zero-order chi connectivity index (χ0) is 13.9. The second-order valence-corrected chi connectivity index (χ2v) is 7.68. The van der Waals surface area contributed by atoms with Crippen molar-refractivity contribution < 1.29 is 18.3 Å². The molecule has 102 valence electrons. The molecule has 6 nitrogen and oxygen atoms in total. The van der Waals surface area contributed by atoms with Crippen LogP contribution in [0.2, 0.25) is 0 Å². The third-order valence-corrected chi connectivity index (χ3v) is 5.88. The van der Waals surface area contributed by atoms with E-state index in [4.69, 9.17) is 5.11 Å². The van der Waals surface area contributed by atoms with Crippen LogP contribution in [0.15, 0.2) is 27.9 Å². The summed E-state index contributed by atoms with van der Waals surface area (Å²) in [6.45, 7) is 0.131. The minimum absolute atomic E-state index is 0.111. The topological polar surface area (TPSA) is 96.4 Å². The molecule has 2 N–H and O–H groups in total. The fourth-order valence-corrected chi connectivity index (χ4v) is 4.34. The number of aliphatic carboxylic acids is 1. The van der Waals surface area contributed by atoms with Gasteiger partial charge in [-0.3, -0.25) is 4.79 Å². The molecule has 2 heterocycles. The van der Waals surface area contributed by atoms with Gasteiger partial charge in [-0.15, -0.1) is 22.7 Å². The van der Waals surface area contributed by atoms with Crippen LogP contribution in [0, 0.1) is 0 Å². The summed E-state index contributed by atoms with van der Waals surface area (Å²) in [5.74, 6) is -0.985. The van der Waals surface area contributed by atoms with Gasteiger partial charge in [0.2, 0.25) is 10.0 Å². The van der Waals surface area contributed by atoms with Gasteiger partial charge in [0.05, 0.1) is 13.0 Å². The number of thiophene rings is 1. The van der Waals surface area contributed by atoms with Gasteiger partial charge in [-0.25, -0.2) is 18.1 Å². The van der Waals surface area contributed by atoms with E-state index < -0.39 is 16.0 Å². The number of carboxylic acid groups (broad SMARTS) is 1. The zero-order valence-corrected chi connectivity index (χ0v) is 12.0. The predicted molar refractivity (Wildman–Crippen MR) is 71.8 cm³/mol. The molecule has 2 rings (SSSR count). The summed E-state index contributed by atoms with van der Waals surface area (Å²) in [7, 11) is -3.61. The number of hydrogen-bond donors (Lipinski definition) is 2. The highest BCUT2D eigenvalue weighted by Crippen LogP contribution is 2.22. The fraction of sp³-hybridized carbons (Fsp3) is 0.200. The maximum Gasteiger partial charge on any atom is 0.308 e. The zero-order valence-electron chi connectivity index (χ0n) is 9.57. The summed E-state index contributed by atoms with van der Waals surface area (Å²) in [4.78, 5) is 15.0. The lowest BCUT2D eigenvalue weighted by molar-refractivity contribution is -0.136. The van der Waals surface area contributed by atoms with Crippen molar-refractivity contribution in [3.05, 3.63) is 33.6 Å². The van der Waals surface area contributed by atoms with Crippen molar-refractivity contribution >= 4 is 38.7 Å². The van der Waals surface area contributed by atoms with Crippen LogP contribution >= 0.6 is 22.7 Å². The van der Waals surface area contributed by atoms with Gasteiger partial charge < -0.3 is 5.11 Å². The lowest BCUT2D eigenvalue weighted by Gasteiger charge is -2.01. The van der Waals surface area contributed by atoms with Crippen LogP contribution in [0.4, 0.5) is 0 Å². The maximum absolute atomic E-state index is 12.0. The second kappa shape index (κ2) is 5.78. The number of nitrogens with zero attached hydrogens (tertiary/aromatic N) is 1. The standard InChI is InChI=1S/C10H10N2O4S3/c13-9(14)5-7-1-2-10(18-7)19(15,16)12-6-8-11-3-4-17-8/h1-4,12H,5-6H2,(H,13,14). The van der Waals surface area contributed by atoms with E-state index in [9.17, 15) is 13.2 Å². The maximum atomic E-state index is 12.0. The Morgan fingerprint density at radius 3 is 2.84 bits per heavy atom. The summed E-state index contributed by atoms with van der Waals surface area (Å²) in [5, 5.41) is 11.1. The average molecular weight is 318 g/mol. The highest BCUT2D eigenvalue weighted by Gasteiger charge is 2.17. The predicted octanol–water partition coefficient (Wildman–Crippen LogP) is 1.31. The molecule has 2 aromatic rings. The molecule has 0 aliphatic carbocycles. The molecule has 19 heavy (non-hydrogen) atoms. The molecule has 0 unspecified atom stereocenters. The van der Waals surface area contributed by atoms with Crippen LogP contribution in [-0.2, 0) is 27.8 Å². The second-order valence-electron chi connectivity index (χ2n) is 3.54. The quantitative estimate of drug-likeness (QED) is 0.837. The van der Waals surface area contributed by atoms with Crippen molar-refractivity contribution in [1.82, 2.24) is 9.71 Å². The first-order valence-electron chi connectivity index (χ1n) is 5.16. The first-order chi connectivity index (χ1) is 8.97. The largest absolute Gasteiger partial charge is 0.481 e. The van der Waals surface area contributed by atoms with Crippen molar-refractivity contribution in [2.24, 2.45) is 0 Å². The Balaban J connectivity index is 2.06. The molecule has 0 aliphatic heterocycles. The number of rotatable bonds is 6. The van der Waals surface area contributed by atoms with Crippen LogP contribution in [-0.4, -0.2) is 24.5 Å². The van der Waals surface area contributed by atoms with E-state index in [0.717, 1.165) is 11.3 Å². The molecule has 0 amide bonds. The fourth-order valence-electron chi connectivity index (χ4n) is 1.31. The lowest BCUT2D eigenvalue weighted by atomic mass is 10.3. The summed E-state index contributed by atoms with van der Waals surface area (Å²) in [6, 6.07) is 2.92.